The Hall–Kier alpha value is -1.55. The highest BCUT2D eigenvalue weighted by atomic mass is 16.5. The summed E-state index contributed by atoms with van der Waals surface area (Å²) in [7, 11) is 0. The highest BCUT2D eigenvalue weighted by molar-refractivity contribution is 5.94. The van der Waals surface area contributed by atoms with E-state index in [-0.39, 0.29) is 11.7 Å². The van der Waals surface area contributed by atoms with Crippen LogP contribution in [-0.2, 0) is 4.74 Å². The Morgan fingerprint density at radius 1 is 1.47 bits per heavy atom. The van der Waals surface area contributed by atoms with Gasteiger partial charge in [-0.3, -0.25) is 0 Å². The molecule has 1 aliphatic heterocycles. The molecule has 4 nitrogen and oxygen atoms in total. The molecule has 4 heteroatoms. The van der Waals surface area contributed by atoms with E-state index in [9.17, 15) is 9.90 Å². The van der Waals surface area contributed by atoms with Crippen LogP contribution >= 0.6 is 0 Å². The van der Waals surface area contributed by atoms with Crippen molar-refractivity contribution >= 4 is 11.7 Å². The van der Waals surface area contributed by atoms with Gasteiger partial charge in [0.25, 0.3) is 0 Å². The predicted octanol–water partition coefficient (Wildman–Crippen LogP) is 2.70. The van der Waals surface area contributed by atoms with Crippen LogP contribution in [0.15, 0.2) is 18.2 Å². The summed E-state index contributed by atoms with van der Waals surface area (Å²) in [4.78, 5) is 13.5. The lowest BCUT2D eigenvalue weighted by atomic mass is 10.0. The summed E-state index contributed by atoms with van der Waals surface area (Å²) >= 11 is 0. The van der Waals surface area contributed by atoms with Crippen molar-refractivity contribution in [3.63, 3.8) is 0 Å². The Balaban J connectivity index is 2.40. The van der Waals surface area contributed by atoms with Gasteiger partial charge in [-0.15, -0.1) is 0 Å². The average Bonchev–Trinajstić information content (AvgIpc) is 2.25. The highest BCUT2D eigenvalue weighted by Crippen LogP contribution is 2.29. The average molecular weight is 263 g/mol. The lowest BCUT2D eigenvalue weighted by molar-refractivity contribution is -0.0750. The van der Waals surface area contributed by atoms with Gasteiger partial charge < -0.3 is 14.7 Å². The zero-order chi connectivity index (χ0) is 14.2. The zero-order valence-electron chi connectivity index (χ0n) is 11.9. The van der Waals surface area contributed by atoms with Crippen molar-refractivity contribution in [1.29, 1.82) is 0 Å². The minimum absolute atomic E-state index is 0.0888. The number of aromatic carboxylic acids is 1. The van der Waals surface area contributed by atoms with Gasteiger partial charge in [0, 0.05) is 13.1 Å². The number of rotatable bonds is 2. The second kappa shape index (κ2) is 4.85. The molecule has 0 aliphatic carbocycles. The Bertz CT molecular complexity index is 496. The Labute approximate surface area is 114 Å². The molecule has 1 unspecified atom stereocenters. The monoisotopic (exact) mass is 263 g/mol. The molecule has 1 aromatic carbocycles. The van der Waals surface area contributed by atoms with Gasteiger partial charge in [-0.25, -0.2) is 4.79 Å². The lowest BCUT2D eigenvalue weighted by Gasteiger charge is -2.43. The van der Waals surface area contributed by atoms with Crippen LogP contribution in [-0.4, -0.2) is 35.9 Å². The van der Waals surface area contributed by atoms with Gasteiger partial charge >= 0.3 is 5.97 Å². The largest absolute Gasteiger partial charge is 0.478 e. The van der Waals surface area contributed by atoms with Gasteiger partial charge in [0.15, 0.2) is 0 Å². The number of hydrogen-bond donors (Lipinski definition) is 1. The molecule has 1 aliphatic rings. The van der Waals surface area contributed by atoms with E-state index < -0.39 is 5.97 Å². The number of nitrogens with zero attached hydrogens (tertiary/aromatic N) is 1. The van der Waals surface area contributed by atoms with Crippen molar-refractivity contribution in [2.45, 2.75) is 39.4 Å². The zero-order valence-corrected chi connectivity index (χ0v) is 11.9. The molecule has 1 heterocycles. The molecule has 1 aromatic rings. The van der Waals surface area contributed by atoms with Crippen molar-refractivity contribution in [3.8, 4) is 0 Å². The topological polar surface area (TPSA) is 49.8 Å². The quantitative estimate of drug-likeness (QED) is 0.891. The summed E-state index contributed by atoms with van der Waals surface area (Å²) in [5, 5.41) is 9.33. The molecule has 1 saturated heterocycles. The van der Waals surface area contributed by atoms with Crippen LogP contribution in [0.4, 0.5) is 5.69 Å². The molecule has 2 rings (SSSR count). The van der Waals surface area contributed by atoms with Gasteiger partial charge in [-0.1, -0.05) is 6.07 Å². The number of anilines is 1. The number of hydrogen-bond acceptors (Lipinski definition) is 3. The predicted molar refractivity (Wildman–Crippen MR) is 75.0 cm³/mol. The van der Waals surface area contributed by atoms with Crippen molar-refractivity contribution in [2.24, 2.45) is 0 Å². The maximum Gasteiger partial charge on any atom is 0.337 e. The summed E-state index contributed by atoms with van der Waals surface area (Å²) < 4.78 is 5.87. The van der Waals surface area contributed by atoms with Crippen molar-refractivity contribution in [3.05, 3.63) is 29.3 Å². The summed E-state index contributed by atoms with van der Waals surface area (Å²) in [5.74, 6) is -0.882. The maximum absolute atomic E-state index is 11.4. The van der Waals surface area contributed by atoms with Crippen LogP contribution in [0.5, 0.6) is 0 Å². The van der Waals surface area contributed by atoms with Crippen LogP contribution in [0.2, 0.25) is 0 Å². The van der Waals surface area contributed by atoms with E-state index in [1.807, 2.05) is 39.8 Å². The first-order chi connectivity index (χ1) is 8.78. The first-order valence-corrected chi connectivity index (χ1v) is 6.55. The number of carboxylic acids is 1. The molecule has 1 fully saturated rings. The molecule has 104 valence electrons. The first kappa shape index (κ1) is 13.9. The van der Waals surface area contributed by atoms with Crippen LogP contribution in [0, 0.1) is 6.92 Å². The Kier molecular flexibility index (Phi) is 3.54. The molecule has 0 bridgehead atoms. The number of morpholine rings is 1. The maximum atomic E-state index is 11.4. The SMILES string of the molecule is Cc1ccc(C(=O)O)c(N2CC(C)OC(C)(C)C2)c1. The van der Waals surface area contributed by atoms with E-state index in [4.69, 9.17) is 4.74 Å². The minimum atomic E-state index is -0.882. The normalized spacial score (nSPS) is 22.3. The van der Waals surface area contributed by atoms with E-state index in [1.54, 1.807) is 6.07 Å². The second-order valence-corrected chi connectivity index (χ2v) is 5.89. The van der Waals surface area contributed by atoms with Crippen LogP contribution < -0.4 is 4.90 Å². The Morgan fingerprint density at radius 2 is 2.16 bits per heavy atom. The summed E-state index contributed by atoms with van der Waals surface area (Å²) in [5.41, 5.74) is 1.94. The number of ether oxygens (including phenoxy) is 1. The van der Waals surface area contributed by atoms with Crippen molar-refractivity contribution < 1.29 is 14.6 Å². The number of benzene rings is 1. The van der Waals surface area contributed by atoms with Gasteiger partial charge in [-0.05, 0) is 45.4 Å². The van der Waals surface area contributed by atoms with Crippen molar-refractivity contribution in [1.82, 2.24) is 0 Å². The number of carbonyl (C=O) groups is 1. The highest BCUT2D eigenvalue weighted by Gasteiger charge is 2.32. The third-order valence-electron chi connectivity index (χ3n) is 3.29. The van der Waals surface area contributed by atoms with E-state index in [1.165, 1.54) is 0 Å². The number of carboxylic acid groups (broad SMARTS) is 1. The second-order valence-electron chi connectivity index (χ2n) is 5.89. The smallest absolute Gasteiger partial charge is 0.337 e. The standard InChI is InChI=1S/C15H21NO3/c1-10-5-6-12(14(17)18)13(7-10)16-8-11(2)19-15(3,4)9-16/h5-7,11H,8-9H2,1-4H3,(H,17,18). The lowest BCUT2D eigenvalue weighted by Crippen LogP contribution is -2.52. The summed E-state index contributed by atoms with van der Waals surface area (Å²) in [6, 6.07) is 5.46. The van der Waals surface area contributed by atoms with E-state index in [0.29, 0.717) is 18.7 Å². The fourth-order valence-electron chi connectivity index (χ4n) is 2.72. The van der Waals surface area contributed by atoms with Gasteiger partial charge in [0.05, 0.1) is 23.0 Å². The van der Waals surface area contributed by atoms with Gasteiger partial charge in [-0.2, -0.15) is 0 Å². The van der Waals surface area contributed by atoms with E-state index in [0.717, 1.165) is 11.3 Å². The fraction of sp³-hybridized carbons (Fsp3) is 0.533. The molecule has 0 aromatic heterocycles. The molecule has 1 atom stereocenters. The molecule has 19 heavy (non-hydrogen) atoms. The number of aryl methyl sites for hydroxylation is 1. The third-order valence-corrected chi connectivity index (χ3v) is 3.29. The Morgan fingerprint density at radius 3 is 2.74 bits per heavy atom. The van der Waals surface area contributed by atoms with Crippen LogP contribution in [0.1, 0.15) is 36.7 Å². The molecule has 1 N–H and O–H groups in total. The molecule has 0 spiro atoms. The van der Waals surface area contributed by atoms with E-state index >= 15 is 0 Å². The van der Waals surface area contributed by atoms with Crippen LogP contribution in [0.3, 0.4) is 0 Å². The fourth-order valence-corrected chi connectivity index (χ4v) is 2.72. The van der Waals surface area contributed by atoms with Gasteiger partial charge in [0.2, 0.25) is 0 Å². The molecule has 0 saturated carbocycles. The summed E-state index contributed by atoms with van der Waals surface area (Å²) in [6.07, 6.45) is 0.0888. The van der Waals surface area contributed by atoms with Crippen LogP contribution in [0.25, 0.3) is 0 Å². The first-order valence-electron chi connectivity index (χ1n) is 6.55. The molecular formula is C15H21NO3. The molecular weight excluding hydrogens is 242 g/mol. The summed E-state index contributed by atoms with van der Waals surface area (Å²) in [6.45, 7) is 9.47. The molecule has 0 amide bonds. The van der Waals surface area contributed by atoms with Crippen molar-refractivity contribution in [2.75, 3.05) is 18.0 Å². The third kappa shape index (κ3) is 3.07. The van der Waals surface area contributed by atoms with Gasteiger partial charge in [0.1, 0.15) is 0 Å². The minimum Gasteiger partial charge on any atom is -0.478 e. The van der Waals surface area contributed by atoms with E-state index in [2.05, 4.69) is 4.90 Å². The molecule has 0 radical (unpaired) electrons.